The normalized spacial score (nSPS) is 14.3. The minimum Gasteiger partial charge on any atom is -0.494 e. The lowest BCUT2D eigenvalue weighted by molar-refractivity contribution is -0.119. The number of para-hydroxylation sites is 2. The molecule has 0 aliphatic carbocycles. The van der Waals surface area contributed by atoms with E-state index in [2.05, 4.69) is 0 Å². The van der Waals surface area contributed by atoms with Gasteiger partial charge < -0.3 is 9.47 Å². The maximum atomic E-state index is 13.5. The first-order chi connectivity index (χ1) is 14.3. The number of carbonyl (C=O) groups excluding carboxylic acids is 2. The van der Waals surface area contributed by atoms with Gasteiger partial charge in [0.2, 0.25) is 0 Å². The third kappa shape index (κ3) is 4.54. The molecule has 158 valence electrons. The van der Waals surface area contributed by atoms with E-state index in [4.69, 9.17) is 9.47 Å². The quantitative estimate of drug-likeness (QED) is 0.537. The van der Waals surface area contributed by atoms with Crippen LogP contribution >= 0.6 is 11.8 Å². The fourth-order valence-electron chi connectivity index (χ4n) is 3.21. The van der Waals surface area contributed by atoms with E-state index in [-0.39, 0.29) is 23.2 Å². The second-order valence-corrected chi connectivity index (χ2v) is 8.99. The summed E-state index contributed by atoms with van der Waals surface area (Å²) in [6.07, 6.45) is -0.0815. The molecule has 1 aliphatic rings. The minimum atomic E-state index is -0.341. The Balaban J connectivity index is 2.06. The van der Waals surface area contributed by atoms with Crippen LogP contribution in [-0.2, 0) is 9.59 Å². The predicted octanol–water partition coefficient (Wildman–Crippen LogP) is 5.30. The number of thioether (sulfide) groups is 1. The molecule has 0 bridgehead atoms. The first-order valence-electron chi connectivity index (χ1n) is 10.1. The molecule has 2 aromatic carbocycles. The van der Waals surface area contributed by atoms with Gasteiger partial charge in [0.05, 0.1) is 28.9 Å². The zero-order chi connectivity index (χ0) is 21.8. The van der Waals surface area contributed by atoms with Crippen LogP contribution in [0.15, 0.2) is 53.4 Å². The third-order valence-corrected chi connectivity index (χ3v) is 5.40. The van der Waals surface area contributed by atoms with Gasteiger partial charge in [0.25, 0.3) is 11.8 Å². The predicted molar refractivity (Wildman–Crippen MR) is 122 cm³/mol. The van der Waals surface area contributed by atoms with E-state index in [0.717, 1.165) is 5.75 Å². The van der Waals surface area contributed by atoms with Crippen LogP contribution in [0, 0.1) is 0 Å². The number of rotatable bonds is 8. The smallest absolute Gasteiger partial charge is 0.272 e. The van der Waals surface area contributed by atoms with Crippen LogP contribution in [0.1, 0.15) is 40.2 Å². The molecule has 5 nitrogen and oxygen atoms in total. The number of carbonyl (C=O) groups is 2. The van der Waals surface area contributed by atoms with E-state index in [9.17, 15) is 9.59 Å². The molecule has 0 fully saturated rings. The molecule has 1 heterocycles. The molecule has 2 aromatic rings. The van der Waals surface area contributed by atoms with Crippen molar-refractivity contribution in [3.8, 4) is 11.5 Å². The molecule has 0 spiro atoms. The van der Waals surface area contributed by atoms with Gasteiger partial charge in [-0.15, -0.1) is 11.8 Å². The molecule has 0 N–H and O–H groups in total. The summed E-state index contributed by atoms with van der Waals surface area (Å²) in [5.41, 5.74) is 1.58. The first-order valence-corrected chi connectivity index (χ1v) is 11.0. The topological polar surface area (TPSA) is 55.8 Å². The van der Waals surface area contributed by atoms with Gasteiger partial charge in [-0.1, -0.05) is 38.1 Å². The van der Waals surface area contributed by atoms with E-state index < -0.39 is 0 Å². The molecular weight excluding hydrogens is 398 g/mol. The van der Waals surface area contributed by atoms with Crippen molar-refractivity contribution < 1.29 is 19.1 Å². The van der Waals surface area contributed by atoms with Crippen molar-refractivity contribution in [1.29, 1.82) is 0 Å². The van der Waals surface area contributed by atoms with Gasteiger partial charge in [-0.3, -0.25) is 9.59 Å². The third-order valence-electron chi connectivity index (χ3n) is 4.32. The van der Waals surface area contributed by atoms with E-state index >= 15 is 0 Å². The van der Waals surface area contributed by atoms with Gasteiger partial charge in [0, 0.05) is 5.25 Å². The Labute approximate surface area is 182 Å². The SMILES string of the molecule is CCOc1ccc(C2=C(SC(C)C)C(=O)N(c3ccccc3OC(C)C)C2=O)cc1. The Morgan fingerprint density at radius 1 is 0.933 bits per heavy atom. The summed E-state index contributed by atoms with van der Waals surface area (Å²) in [6, 6.07) is 14.4. The van der Waals surface area contributed by atoms with Crippen LogP contribution in [0.2, 0.25) is 0 Å². The Hall–Kier alpha value is -2.73. The fraction of sp³-hybridized carbons (Fsp3) is 0.333. The van der Waals surface area contributed by atoms with Gasteiger partial charge in [-0.2, -0.15) is 0 Å². The minimum absolute atomic E-state index is 0.0815. The van der Waals surface area contributed by atoms with Crippen molar-refractivity contribution in [2.24, 2.45) is 0 Å². The number of imide groups is 1. The molecule has 0 radical (unpaired) electrons. The van der Waals surface area contributed by atoms with Crippen LogP contribution in [-0.4, -0.2) is 29.8 Å². The Kier molecular flexibility index (Phi) is 6.87. The maximum absolute atomic E-state index is 13.5. The molecule has 6 heteroatoms. The van der Waals surface area contributed by atoms with Crippen molar-refractivity contribution in [1.82, 2.24) is 0 Å². The number of benzene rings is 2. The van der Waals surface area contributed by atoms with Crippen molar-refractivity contribution in [2.45, 2.75) is 46.0 Å². The number of hydrogen-bond donors (Lipinski definition) is 0. The number of nitrogens with zero attached hydrogens (tertiary/aromatic N) is 1. The summed E-state index contributed by atoms with van der Waals surface area (Å²) in [5, 5.41) is 0.150. The van der Waals surface area contributed by atoms with Gasteiger partial charge in [-0.25, -0.2) is 4.90 Å². The largest absolute Gasteiger partial charge is 0.494 e. The summed E-state index contributed by atoms with van der Waals surface area (Å²) in [6.45, 7) is 10.3. The van der Waals surface area contributed by atoms with Gasteiger partial charge in [0.1, 0.15) is 11.5 Å². The van der Waals surface area contributed by atoms with E-state index in [1.807, 2.05) is 65.0 Å². The van der Waals surface area contributed by atoms with Crippen LogP contribution in [0.25, 0.3) is 5.57 Å². The van der Waals surface area contributed by atoms with Gasteiger partial charge in [0.15, 0.2) is 0 Å². The molecule has 2 amide bonds. The maximum Gasteiger partial charge on any atom is 0.272 e. The van der Waals surface area contributed by atoms with E-state index in [1.165, 1.54) is 16.7 Å². The Morgan fingerprint density at radius 3 is 2.20 bits per heavy atom. The van der Waals surface area contributed by atoms with E-state index in [0.29, 0.717) is 34.1 Å². The highest BCUT2D eigenvalue weighted by atomic mass is 32.2. The van der Waals surface area contributed by atoms with E-state index in [1.54, 1.807) is 18.2 Å². The summed E-state index contributed by atoms with van der Waals surface area (Å²) in [7, 11) is 0. The zero-order valence-electron chi connectivity index (χ0n) is 18.0. The summed E-state index contributed by atoms with van der Waals surface area (Å²) < 4.78 is 11.4. The van der Waals surface area contributed by atoms with Gasteiger partial charge >= 0.3 is 0 Å². The van der Waals surface area contributed by atoms with Crippen LogP contribution < -0.4 is 14.4 Å². The second kappa shape index (κ2) is 9.39. The molecule has 0 atom stereocenters. The standard InChI is InChI=1S/C24H27NO4S/c1-6-28-18-13-11-17(12-14-18)21-22(30-16(4)5)24(27)25(23(21)26)19-9-7-8-10-20(19)29-15(2)3/h7-16H,6H2,1-5H3. The number of ether oxygens (including phenoxy) is 2. The van der Waals surface area contributed by atoms with Crippen LogP contribution in [0.4, 0.5) is 5.69 Å². The van der Waals surface area contributed by atoms with Crippen molar-refractivity contribution >= 4 is 34.8 Å². The Bertz CT molecular complexity index is 963. The summed E-state index contributed by atoms with van der Waals surface area (Å²) >= 11 is 1.40. The molecule has 0 saturated carbocycles. The van der Waals surface area contributed by atoms with Crippen molar-refractivity contribution in [3.05, 3.63) is 59.0 Å². The first kappa shape index (κ1) is 22.0. The number of hydrogen-bond acceptors (Lipinski definition) is 5. The summed E-state index contributed by atoms with van der Waals surface area (Å²) in [4.78, 5) is 28.6. The second-order valence-electron chi connectivity index (χ2n) is 7.41. The zero-order valence-corrected chi connectivity index (χ0v) is 18.8. The summed E-state index contributed by atoms with van der Waals surface area (Å²) in [5.74, 6) is 0.578. The van der Waals surface area contributed by atoms with Crippen LogP contribution in [0.3, 0.4) is 0 Å². The van der Waals surface area contributed by atoms with Crippen LogP contribution in [0.5, 0.6) is 11.5 Å². The highest BCUT2D eigenvalue weighted by Gasteiger charge is 2.41. The average Bonchev–Trinajstić information content (AvgIpc) is 2.92. The molecule has 0 unspecified atom stereocenters. The highest BCUT2D eigenvalue weighted by molar-refractivity contribution is 8.04. The Morgan fingerprint density at radius 2 is 1.60 bits per heavy atom. The molecule has 0 aromatic heterocycles. The number of amides is 2. The highest BCUT2D eigenvalue weighted by Crippen LogP contribution is 2.42. The lowest BCUT2D eigenvalue weighted by atomic mass is 10.1. The van der Waals surface area contributed by atoms with Crippen molar-refractivity contribution in [2.75, 3.05) is 11.5 Å². The molecule has 1 aliphatic heterocycles. The lowest BCUT2D eigenvalue weighted by Crippen LogP contribution is -2.32. The average molecular weight is 426 g/mol. The lowest BCUT2D eigenvalue weighted by Gasteiger charge is -2.20. The number of anilines is 1. The van der Waals surface area contributed by atoms with Crippen molar-refractivity contribution in [3.63, 3.8) is 0 Å². The molecule has 3 rings (SSSR count). The van der Waals surface area contributed by atoms with Gasteiger partial charge in [-0.05, 0) is 50.6 Å². The molecular formula is C24H27NO4S. The molecule has 0 saturated heterocycles. The molecule has 30 heavy (non-hydrogen) atoms. The fourth-order valence-corrected chi connectivity index (χ4v) is 4.19. The monoisotopic (exact) mass is 425 g/mol.